The fourth-order valence-electron chi connectivity index (χ4n) is 2.81. The Balaban J connectivity index is 1.95. The number of nitro benzene ring substituents is 1. The molecule has 10 nitrogen and oxygen atoms in total. The number of hydrogen-bond acceptors (Lipinski definition) is 8. The van der Waals surface area contributed by atoms with Crippen molar-refractivity contribution in [2.75, 3.05) is 44.8 Å². The standard InChI is InChI=1S/C15H23N5O5S/c1-19-8-5-15(16,10-19)14(21)18-7-6-17-12-4-3-11(26(2,24)25)9-13(12)20(22)23/h3-4,9,17H,5-8,10,16H2,1-2H3,(H,18,21). The number of anilines is 1. The number of rotatable bonds is 7. The summed E-state index contributed by atoms with van der Waals surface area (Å²) < 4.78 is 23.1. The van der Waals surface area contributed by atoms with Crippen LogP contribution in [0.2, 0.25) is 0 Å². The molecular weight excluding hydrogens is 362 g/mol. The lowest BCUT2D eigenvalue weighted by Gasteiger charge is -2.22. The van der Waals surface area contributed by atoms with Crippen LogP contribution in [0, 0.1) is 10.1 Å². The molecule has 11 heteroatoms. The molecule has 1 aromatic carbocycles. The summed E-state index contributed by atoms with van der Waals surface area (Å²) in [6, 6.07) is 3.65. The number of benzene rings is 1. The predicted molar refractivity (Wildman–Crippen MR) is 96.7 cm³/mol. The topological polar surface area (TPSA) is 148 Å². The van der Waals surface area contributed by atoms with Gasteiger partial charge in [-0.3, -0.25) is 14.9 Å². The van der Waals surface area contributed by atoms with E-state index in [9.17, 15) is 23.3 Å². The van der Waals surface area contributed by atoms with Gasteiger partial charge < -0.3 is 21.3 Å². The molecule has 1 heterocycles. The van der Waals surface area contributed by atoms with Crippen molar-refractivity contribution >= 4 is 27.1 Å². The number of nitrogens with two attached hydrogens (primary N) is 1. The van der Waals surface area contributed by atoms with E-state index >= 15 is 0 Å². The summed E-state index contributed by atoms with van der Waals surface area (Å²) in [4.78, 5) is 24.6. The molecule has 1 aliphatic heterocycles. The molecule has 1 amide bonds. The zero-order chi connectivity index (χ0) is 19.5. The van der Waals surface area contributed by atoms with E-state index in [1.807, 2.05) is 11.9 Å². The highest BCUT2D eigenvalue weighted by atomic mass is 32.2. The molecular formula is C15H23N5O5S. The first-order chi connectivity index (χ1) is 12.0. The van der Waals surface area contributed by atoms with Crippen LogP contribution >= 0.6 is 0 Å². The van der Waals surface area contributed by atoms with Gasteiger partial charge in [0.25, 0.3) is 5.69 Å². The number of amides is 1. The van der Waals surface area contributed by atoms with E-state index in [1.54, 1.807) is 0 Å². The van der Waals surface area contributed by atoms with Crippen molar-refractivity contribution in [3.8, 4) is 0 Å². The van der Waals surface area contributed by atoms with Crippen LogP contribution in [-0.2, 0) is 14.6 Å². The molecule has 1 atom stereocenters. The number of nitro groups is 1. The average Bonchev–Trinajstić information content (AvgIpc) is 2.90. The Bertz CT molecular complexity index is 813. The summed E-state index contributed by atoms with van der Waals surface area (Å²) in [5, 5.41) is 16.7. The Labute approximate surface area is 151 Å². The maximum Gasteiger partial charge on any atom is 0.293 e. The molecule has 0 aromatic heterocycles. The normalized spacial score (nSPS) is 20.7. The molecule has 0 aliphatic carbocycles. The highest BCUT2D eigenvalue weighted by Crippen LogP contribution is 2.27. The monoisotopic (exact) mass is 385 g/mol. The third kappa shape index (κ3) is 4.68. The highest BCUT2D eigenvalue weighted by molar-refractivity contribution is 7.90. The van der Waals surface area contributed by atoms with Gasteiger partial charge >= 0.3 is 0 Å². The van der Waals surface area contributed by atoms with Crippen molar-refractivity contribution in [2.24, 2.45) is 5.73 Å². The van der Waals surface area contributed by atoms with Gasteiger partial charge in [0.05, 0.1) is 9.82 Å². The fraction of sp³-hybridized carbons (Fsp3) is 0.533. The minimum absolute atomic E-state index is 0.126. The number of carbonyl (C=O) groups excluding carboxylic acids is 1. The SMILES string of the molecule is CN1CCC(N)(C(=O)NCCNc2ccc(S(C)(=O)=O)cc2[N+](=O)[O-])C1. The molecule has 2 rings (SSSR count). The highest BCUT2D eigenvalue weighted by Gasteiger charge is 2.39. The number of likely N-dealkylation sites (tertiary alicyclic amines) is 1. The molecule has 1 saturated heterocycles. The Hall–Kier alpha value is -2.24. The van der Waals surface area contributed by atoms with Crippen molar-refractivity contribution < 1.29 is 18.1 Å². The Kier molecular flexibility index (Phi) is 5.84. The van der Waals surface area contributed by atoms with Crippen LogP contribution in [0.25, 0.3) is 0 Å². The van der Waals surface area contributed by atoms with Gasteiger partial charge in [0.15, 0.2) is 9.84 Å². The summed E-state index contributed by atoms with van der Waals surface area (Å²) in [7, 11) is -1.65. The van der Waals surface area contributed by atoms with E-state index in [0.29, 0.717) is 13.0 Å². The van der Waals surface area contributed by atoms with Crippen molar-refractivity contribution in [2.45, 2.75) is 16.9 Å². The van der Waals surface area contributed by atoms with Gasteiger partial charge in [-0.1, -0.05) is 0 Å². The van der Waals surface area contributed by atoms with E-state index < -0.39 is 20.3 Å². The Morgan fingerprint density at radius 2 is 2.12 bits per heavy atom. The second kappa shape index (κ2) is 7.56. The molecule has 0 saturated carbocycles. The first-order valence-electron chi connectivity index (χ1n) is 8.01. The smallest absolute Gasteiger partial charge is 0.293 e. The number of nitrogens with one attached hydrogen (secondary N) is 2. The summed E-state index contributed by atoms with van der Waals surface area (Å²) in [5.41, 5.74) is 5.01. The largest absolute Gasteiger partial charge is 0.378 e. The van der Waals surface area contributed by atoms with Crippen LogP contribution < -0.4 is 16.4 Å². The zero-order valence-electron chi connectivity index (χ0n) is 14.7. The van der Waals surface area contributed by atoms with Gasteiger partial charge in [-0.05, 0) is 25.6 Å². The Morgan fingerprint density at radius 1 is 1.42 bits per heavy atom. The summed E-state index contributed by atoms with van der Waals surface area (Å²) in [6.45, 7) is 1.69. The third-order valence-electron chi connectivity index (χ3n) is 4.26. The second-order valence-electron chi connectivity index (χ2n) is 6.53. The van der Waals surface area contributed by atoms with Crippen LogP contribution in [0.3, 0.4) is 0 Å². The number of nitrogens with zero attached hydrogens (tertiary/aromatic N) is 2. The van der Waals surface area contributed by atoms with E-state index in [2.05, 4.69) is 10.6 Å². The lowest BCUT2D eigenvalue weighted by molar-refractivity contribution is -0.384. The van der Waals surface area contributed by atoms with Gasteiger partial charge in [0, 0.05) is 38.5 Å². The minimum atomic E-state index is -3.54. The molecule has 1 fully saturated rings. The number of likely N-dealkylation sites (N-methyl/N-ethyl adjacent to an activating group) is 1. The van der Waals surface area contributed by atoms with Gasteiger partial charge in [-0.25, -0.2) is 8.42 Å². The first-order valence-corrected chi connectivity index (χ1v) is 9.90. The molecule has 144 valence electrons. The van der Waals surface area contributed by atoms with Crippen LogP contribution in [0.15, 0.2) is 23.1 Å². The van der Waals surface area contributed by atoms with E-state index in [1.165, 1.54) is 12.1 Å². The molecule has 26 heavy (non-hydrogen) atoms. The number of hydrogen-bond donors (Lipinski definition) is 3. The molecule has 1 aliphatic rings. The van der Waals surface area contributed by atoms with Crippen LogP contribution in [-0.4, -0.2) is 69.2 Å². The van der Waals surface area contributed by atoms with Crippen molar-refractivity contribution in [1.29, 1.82) is 0 Å². The number of sulfone groups is 1. The van der Waals surface area contributed by atoms with Crippen LogP contribution in [0.4, 0.5) is 11.4 Å². The molecule has 0 spiro atoms. The molecule has 1 unspecified atom stereocenters. The quantitative estimate of drug-likeness (QED) is 0.325. The molecule has 0 radical (unpaired) electrons. The predicted octanol–water partition coefficient (Wildman–Crippen LogP) is -0.441. The minimum Gasteiger partial charge on any atom is -0.378 e. The number of carbonyl (C=O) groups is 1. The van der Waals surface area contributed by atoms with Crippen molar-refractivity contribution in [1.82, 2.24) is 10.2 Å². The van der Waals surface area contributed by atoms with Crippen molar-refractivity contribution in [3.63, 3.8) is 0 Å². The van der Waals surface area contributed by atoms with Crippen LogP contribution in [0.1, 0.15) is 6.42 Å². The van der Waals surface area contributed by atoms with E-state index in [-0.39, 0.29) is 35.3 Å². The van der Waals surface area contributed by atoms with Gasteiger partial charge in [-0.2, -0.15) is 0 Å². The molecule has 0 bridgehead atoms. The van der Waals surface area contributed by atoms with Crippen molar-refractivity contribution in [3.05, 3.63) is 28.3 Å². The van der Waals surface area contributed by atoms with Gasteiger partial charge in [0.1, 0.15) is 11.2 Å². The summed E-state index contributed by atoms with van der Waals surface area (Å²) in [6.07, 6.45) is 1.55. The average molecular weight is 385 g/mol. The molecule has 1 aromatic rings. The second-order valence-corrected chi connectivity index (χ2v) is 8.55. The van der Waals surface area contributed by atoms with Gasteiger partial charge in [0.2, 0.25) is 5.91 Å². The third-order valence-corrected chi connectivity index (χ3v) is 5.37. The molecule has 4 N–H and O–H groups in total. The zero-order valence-corrected chi connectivity index (χ0v) is 15.5. The van der Waals surface area contributed by atoms with Gasteiger partial charge in [-0.15, -0.1) is 0 Å². The van der Waals surface area contributed by atoms with E-state index in [0.717, 1.165) is 18.9 Å². The summed E-state index contributed by atoms with van der Waals surface area (Å²) in [5.74, 6) is -0.259. The lowest BCUT2D eigenvalue weighted by Crippen LogP contribution is -2.56. The maximum atomic E-state index is 12.2. The maximum absolute atomic E-state index is 12.2. The van der Waals surface area contributed by atoms with Crippen LogP contribution in [0.5, 0.6) is 0 Å². The first kappa shape index (κ1) is 20.1. The van der Waals surface area contributed by atoms with E-state index in [4.69, 9.17) is 5.73 Å². The fourth-order valence-corrected chi connectivity index (χ4v) is 3.45. The summed E-state index contributed by atoms with van der Waals surface area (Å²) >= 11 is 0. The lowest BCUT2D eigenvalue weighted by atomic mass is 9.99. The Morgan fingerprint density at radius 3 is 2.65 bits per heavy atom.